The van der Waals surface area contributed by atoms with Crippen LogP contribution in [0.5, 0.6) is 5.75 Å². The van der Waals surface area contributed by atoms with Gasteiger partial charge in [-0.25, -0.2) is 13.1 Å². The zero-order valence-electron chi connectivity index (χ0n) is 12.7. The maximum Gasteiger partial charge on any atom is 0.244 e. The summed E-state index contributed by atoms with van der Waals surface area (Å²) in [6, 6.07) is 15.0. The molecule has 0 aliphatic rings. The number of rotatable bonds is 8. The van der Waals surface area contributed by atoms with Crippen molar-refractivity contribution in [2.75, 3.05) is 19.4 Å². The first kappa shape index (κ1) is 18.3. The lowest BCUT2D eigenvalue weighted by molar-refractivity contribution is 0.402. The van der Waals surface area contributed by atoms with Gasteiger partial charge < -0.3 is 4.74 Å². The first-order valence-electron chi connectivity index (χ1n) is 6.98. The van der Waals surface area contributed by atoms with E-state index in [-0.39, 0.29) is 4.90 Å². The van der Waals surface area contributed by atoms with Crippen LogP contribution in [0.1, 0.15) is 5.56 Å². The highest BCUT2D eigenvalue weighted by Crippen LogP contribution is 2.27. The van der Waals surface area contributed by atoms with Crippen LogP contribution in [0, 0.1) is 0 Å². The zero-order chi connectivity index (χ0) is 16.7. The van der Waals surface area contributed by atoms with Crippen LogP contribution in [-0.2, 0) is 15.8 Å². The summed E-state index contributed by atoms with van der Waals surface area (Å²) in [6.45, 7) is 0.371. The van der Waals surface area contributed by atoms with Gasteiger partial charge in [-0.3, -0.25) is 0 Å². The molecule has 0 radical (unpaired) electrons. The summed E-state index contributed by atoms with van der Waals surface area (Å²) in [4.78, 5) is 0.141. The molecule has 7 heteroatoms. The molecule has 23 heavy (non-hydrogen) atoms. The molecule has 0 fully saturated rings. The number of hydrogen-bond acceptors (Lipinski definition) is 4. The molecule has 0 amide bonds. The summed E-state index contributed by atoms with van der Waals surface area (Å²) in [5.41, 5.74) is 1.23. The molecule has 124 valence electrons. The summed E-state index contributed by atoms with van der Waals surface area (Å²) in [5.74, 6) is 1.89. The summed E-state index contributed by atoms with van der Waals surface area (Å²) >= 11 is 4.97. The standard InChI is InChI=1S/C16H18BrNO3S2/c1-21-15-8-7-14(17)11-16(15)23(19,20)18-9-10-22-12-13-5-3-2-4-6-13/h2-8,11,18H,9-10,12H2,1H3. The lowest BCUT2D eigenvalue weighted by atomic mass is 10.2. The highest BCUT2D eigenvalue weighted by Gasteiger charge is 2.19. The Bertz CT molecular complexity index is 736. The van der Waals surface area contributed by atoms with E-state index < -0.39 is 10.0 Å². The van der Waals surface area contributed by atoms with Crippen LogP contribution >= 0.6 is 27.7 Å². The van der Waals surface area contributed by atoms with Gasteiger partial charge in [-0.15, -0.1) is 0 Å². The van der Waals surface area contributed by atoms with Crippen molar-refractivity contribution in [1.29, 1.82) is 0 Å². The molecule has 0 saturated heterocycles. The Morgan fingerprint density at radius 1 is 1.17 bits per heavy atom. The minimum Gasteiger partial charge on any atom is -0.495 e. The molecule has 0 aliphatic carbocycles. The summed E-state index contributed by atoms with van der Waals surface area (Å²) in [7, 11) is -2.13. The molecule has 0 atom stereocenters. The number of nitrogens with one attached hydrogen (secondary N) is 1. The topological polar surface area (TPSA) is 55.4 Å². The van der Waals surface area contributed by atoms with Crippen molar-refractivity contribution in [3.05, 3.63) is 58.6 Å². The fourth-order valence-corrected chi connectivity index (χ4v) is 4.64. The van der Waals surface area contributed by atoms with Gasteiger partial charge in [-0.2, -0.15) is 11.8 Å². The minimum absolute atomic E-state index is 0.141. The molecule has 0 heterocycles. The summed E-state index contributed by atoms with van der Waals surface area (Å²) in [6.07, 6.45) is 0. The molecule has 1 N–H and O–H groups in total. The lowest BCUT2D eigenvalue weighted by Crippen LogP contribution is -2.26. The number of halogens is 1. The van der Waals surface area contributed by atoms with Gasteiger partial charge in [0.1, 0.15) is 10.6 Å². The molecule has 0 unspecified atom stereocenters. The Kier molecular flexibility index (Phi) is 6.95. The van der Waals surface area contributed by atoms with E-state index >= 15 is 0 Å². The molecule has 0 spiro atoms. The van der Waals surface area contributed by atoms with Crippen LogP contribution in [0.15, 0.2) is 57.9 Å². The van der Waals surface area contributed by atoms with E-state index in [1.54, 1.807) is 23.9 Å². The monoisotopic (exact) mass is 415 g/mol. The first-order chi connectivity index (χ1) is 11.0. The van der Waals surface area contributed by atoms with Crippen LogP contribution in [0.25, 0.3) is 0 Å². The van der Waals surface area contributed by atoms with Crippen LogP contribution in [0.4, 0.5) is 0 Å². The number of methoxy groups -OCH3 is 1. The van der Waals surface area contributed by atoms with E-state index in [1.165, 1.54) is 18.7 Å². The molecular formula is C16H18BrNO3S2. The van der Waals surface area contributed by atoms with Crippen molar-refractivity contribution < 1.29 is 13.2 Å². The second-order valence-electron chi connectivity index (χ2n) is 4.73. The van der Waals surface area contributed by atoms with Gasteiger partial charge in [0.25, 0.3) is 0 Å². The molecule has 2 aromatic rings. The average molecular weight is 416 g/mol. The van der Waals surface area contributed by atoms with Crippen molar-refractivity contribution in [3.8, 4) is 5.75 Å². The van der Waals surface area contributed by atoms with E-state index in [9.17, 15) is 8.42 Å². The molecule has 4 nitrogen and oxygen atoms in total. The molecule has 0 saturated carbocycles. The van der Waals surface area contributed by atoms with Crippen molar-refractivity contribution in [3.63, 3.8) is 0 Å². The predicted molar refractivity (Wildman–Crippen MR) is 98.5 cm³/mol. The van der Waals surface area contributed by atoms with E-state index in [4.69, 9.17) is 4.74 Å². The van der Waals surface area contributed by atoms with Crippen LogP contribution in [0.3, 0.4) is 0 Å². The highest BCUT2D eigenvalue weighted by atomic mass is 79.9. The molecule has 2 rings (SSSR count). The predicted octanol–water partition coefficient (Wildman–Crippen LogP) is 3.67. The van der Waals surface area contributed by atoms with Crippen LogP contribution in [-0.4, -0.2) is 27.8 Å². The first-order valence-corrected chi connectivity index (χ1v) is 10.4. The van der Waals surface area contributed by atoms with Crippen LogP contribution < -0.4 is 9.46 Å². The Labute approximate surface area is 149 Å². The van der Waals surface area contributed by atoms with Gasteiger partial charge >= 0.3 is 0 Å². The van der Waals surface area contributed by atoms with Gasteiger partial charge in [0, 0.05) is 22.5 Å². The number of hydrogen-bond donors (Lipinski definition) is 1. The number of ether oxygens (including phenoxy) is 1. The third-order valence-electron chi connectivity index (χ3n) is 3.07. The quantitative estimate of drug-likeness (QED) is 0.668. The number of sulfonamides is 1. The SMILES string of the molecule is COc1ccc(Br)cc1S(=O)(=O)NCCSCc1ccccc1. The molecule has 0 aliphatic heterocycles. The van der Waals surface area contributed by atoms with E-state index in [1.807, 2.05) is 18.2 Å². The minimum atomic E-state index is -3.59. The fourth-order valence-electron chi connectivity index (χ4n) is 1.95. The van der Waals surface area contributed by atoms with E-state index in [0.717, 1.165) is 5.75 Å². The van der Waals surface area contributed by atoms with Gasteiger partial charge in [0.15, 0.2) is 0 Å². The lowest BCUT2D eigenvalue weighted by Gasteiger charge is -2.11. The second-order valence-corrected chi connectivity index (χ2v) is 8.49. The van der Waals surface area contributed by atoms with Crippen molar-refractivity contribution in [2.45, 2.75) is 10.6 Å². The Morgan fingerprint density at radius 3 is 2.61 bits per heavy atom. The summed E-state index contributed by atoms with van der Waals surface area (Å²) in [5, 5.41) is 0. The normalized spacial score (nSPS) is 11.4. The van der Waals surface area contributed by atoms with Crippen molar-refractivity contribution >= 4 is 37.7 Å². The number of thioether (sulfide) groups is 1. The Hall–Kier alpha value is -1.02. The highest BCUT2D eigenvalue weighted by molar-refractivity contribution is 9.10. The Balaban J connectivity index is 1.88. The third kappa shape index (κ3) is 5.53. The van der Waals surface area contributed by atoms with Crippen molar-refractivity contribution in [1.82, 2.24) is 4.72 Å². The van der Waals surface area contributed by atoms with Gasteiger partial charge in [-0.1, -0.05) is 46.3 Å². The molecule has 0 bridgehead atoms. The maximum atomic E-state index is 12.4. The smallest absolute Gasteiger partial charge is 0.244 e. The van der Waals surface area contributed by atoms with Gasteiger partial charge in [0.2, 0.25) is 10.0 Å². The average Bonchev–Trinajstić information content (AvgIpc) is 2.55. The second kappa shape index (κ2) is 8.73. The van der Waals surface area contributed by atoms with Crippen LogP contribution in [0.2, 0.25) is 0 Å². The van der Waals surface area contributed by atoms with Gasteiger partial charge in [-0.05, 0) is 23.8 Å². The fraction of sp³-hybridized carbons (Fsp3) is 0.250. The maximum absolute atomic E-state index is 12.4. The number of benzene rings is 2. The zero-order valence-corrected chi connectivity index (χ0v) is 15.9. The molecule has 2 aromatic carbocycles. The Morgan fingerprint density at radius 2 is 1.91 bits per heavy atom. The molecular weight excluding hydrogens is 398 g/mol. The summed E-state index contributed by atoms with van der Waals surface area (Å²) < 4.78 is 33.2. The third-order valence-corrected chi connectivity index (χ3v) is 6.07. The van der Waals surface area contributed by atoms with Crippen molar-refractivity contribution in [2.24, 2.45) is 0 Å². The largest absolute Gasteiger partial charge is 0.495 e. The van der Waals surface area contributed by atoms with E-state index in [0.29, 0.717) is 22.5 Å². The van der Waals surface area contributed by atoms with E-state index in [2.05, 4.69) is 32.8 Å². The van der Waals surface area contributed by atoms with Gasteiger partial charge in [0.05, 0.1) is 7.11 Å². The molecule has 0 aromatic heterocycles.